The van der Waals surface area contributed by atoms with Crippen LogP contribution in [0.5, 0.6) is 0 Å². The summed E-state index contributed by atoms with van der Waals surface area (Å²) in [6.07, 6.45) is 0. The zero-order chi connectivity index (χ0) is 7.68. The van der Waals surface area contributed by atoms with E-state index in [1.165, 1.54) is 17.5 Å². The van der Waals surface area contributed by atoms with Gasteiger partial charge in [-0.15, -0.1) is 0 Å². The highest BCUT2D eigenvalue weighted by molar-refractivity contribution is 7.97. The fraction of sp³-hybridized carbons (Fsp3) is 0.125. The summed E-state index contributed by atoms with van der Waals surface area (Å²) in [6, 6.07) is 8.09. The van der Waals surface area contributed by atoms with Gasteiger partial charge in [-0.25, -0.2) is 4.40 Å². The van der Waals surface area contributed by atoms with Crippen LogP contribution in [0.1, 0.15) is 11.1 Å². The van der Waals surface area contributed by atoms with Crippen LogP contribution in [-0.2, 0) is 5.75 Å². The molecule has 0 fully saturated rings. The molecule has 0 spiro atoms. The normalized spacial score (nSPS) is 15.5. The molecule has 0 aliphatic carbocycles. The van der Waals surface area contributed by atoms with Crippen molar-refractivity contribution < 1.29 is 0 Å². The average Bonchev–Trinajstić information content (AvgIpc) is 2.06. The zero-order valence-electron chi connectivity index (χ0n) is 5.75. The SMILES string of the molecule is ClC1=NSCc2ccccc21. The highest BCUT2D eigenvalue weighted by Crippen LogP contribution is 2.25. The minimum atomic E-state index is 0.622. The second-order valence-corrected chi connectivity index (χ2v) is 3.40. The Hall–Kier alpha value is -0.470. The fourth-order valence-electron chi connectivity index (χ4n) is 1.06. The quantitative estimate of drug-likeness (QED) is 0.564. The molecule has 0 unspecified atom stereocenters. The van der Waals surface area contributed by atoms with E-state index in [9.17, 15) is 0 Å². The van der Waals surface area contributed by atoms with Gasteiger partial charge in [0.15, 0.2) is 0 Å². The standard InChI is InChI=1S/C8H6ClNS/c9-8-7-4-2-1-3-6(7)5-11-10-8/h1-4H,5H2. The smallest absolute Gasteiger partial charge is 0.144 e. The van der Waals surface area contributed by atoms with Crippen LogP contribution in [0.4, 0.5) is 0 Å². The number of halogens is 1. The Morgan fingerprint density at radius 3 is 3.00 bits per heavy atom. The van der Waals surface area contributed by atoms with Crippen LogP contribution in [0, 0.1) is 0 Å². The van der Waals surface area contributed by atoms with Gasteiger partial charge in [-0.05, 0) is 17.5 Å². The van der Waals surface area contributed by atoms with E-state index < -0.39 is 0 Å². The maximum atomic E-state index is 5.88. The first-order valence-corrected chi connectivity index (χ1v) is 4.64. The highest BCUT2D eigenvalue weighted by atomic mass is 35.5. The first kappa shape index (κ1) is 7.19. The van der Waals surface area contributed by atoms with Crippen LogP contribution >= 0.6 is 23.5 Å². The molecular weight excluding hydrogens is 178 g/mol. The molecule has 1 heterocycles. The molecule has 2 rings (SSSR count). The summed E-state index contributed by atoms with van der Waals surface area (Å²) in [5.74, 6) is 0.937. The Labute approximate surface area is 74.6 Å². The molecule has 11 heavy (non-hydrogen) atoms. The summed E-state index contributed by atoms with van der Waals surface area (Å²) < 4.78 is 4.07. The number of hydrogen-bond acceptors (Lipinski definition) is 2. The fourth-order valence-corrected chi connectivity index (χ4v) is 2.05. The van der Waals surface area contributed by atoms with Crippen molar-refractivity contribution in [3.8, 4) is 0 Å². The van der Waals surface area contributed by atoms with Crippen molar-refractivity contribution in [1.29, 1.82) is 0 Å². The van der Waals surface area contributed by atoms with Crippen LogP contribution in [-0.4, -0.2) is 5.17 Å². The minimum Gasteiger partial charge on any atom is -0.203 e. The summed E-state index contributed by atoms with van der Waals surface area (Å²) in [6.45, 7) is 0. The van der Waals surface area contributed by atoms with Gasteiger partial charge in [-0.2, -0.15) is 0 Å². The number of hydrogen-bond donors (Lipinski definition) is 0. The molecule has 1 aromatic rings. The van der Waals surface area contributed by atoms with Crippen molar-refractivity contribution in [1.82, 2.24) is 0 Å². The van der Waals surface area contributed by atoms with E-state index in [2.05, 4.69) is 10.5 Å². The predicted molar refractivity (Wildman–Crippen MR) is 50.1 cm³/mol. The first-order chi connectivity index (χ1) is 5.38. The minimum absolute atomic E-state index is 0.622. The van der Waals surface area contributed by atoms with Gasteiger partial charge in [0.05, 0.1) is 0 Å². The molecule has 1 aliphatic rings. The third-order valence-corrected chi connectivity index (χ3v) is 2.74. The summed E-state index contributed by atoms with van der Waals surface area (Å²) in [5, 5.41) is 0.622. The van der Waals surface area contributed by atoms with Crippen molar-refractivity contribution in [3.05, 3.63) is 35.4 Å². The lowest BCUT2D eigenvalue weighted by molar-refractivity contribution is 1.38. The van der Waals surface area contributed by atoms with Crippen LogP contribution < -0.4 is 0 Å². The van der Waals surface area contributed by atoms with Gasteiger partial charge < -0.3 is 0 Å². The molecule has 1 aliphatic heterocycles. The molecule has 0 radical (unpaired) electrons. The third kappa shape index (κ3) is 1.28. The Morgan fingerprint density at radius 2 is 2.18 bits per heavy atom. The molecule has 0 atom stereocenters. The molecule has 1 aromatic carbocycles. The molecule has 0 N–H and O–H groups in total. The molecule has 1 nitrogen and oxygen atoms in total. The third-order valence-electron chi connectivity index (χ3n) is 1.60. The van der Waals surface area contributed by atoms with E-state index in [1.807, 2.05) is 18.2 Å². The van der Waals surface area contributed by atoms with Gasteiger partial charge in [-0.3, -0.25) is 0 Å². The van der Waals surface area contributed by atoms with Gasteiger partial charge in [0.25, 0.3) is 0 Å². The van der Waals surface area contributed by atoms with Gasteiger partial charge >= 0.3 is 0 Å². The molecule has 0 amide bonds. The van der Waals surface area contributed by atoms with E-state index in [4.69, 9.17) is 11.6 Å². The number of nitrogens with zero attached hydrogens (tertiary/aromatic N) is 1. The Bertz CT molecular complexity index is 309. The number of benzene rings is 1. The van der Waals surface area contributed by atoms with Crippen molar-refractivity contribution in [2.45, 2.75) is 5.75 Å². The van der Waals surface area contributed by atoms with Crippen LogP contribution in [0.15, 0.2) is 28.7 Å². The topological polar surface area (TPSA) is 12.4 Å². The van der Waals surface area contributed by atoms with Gasteiger partial charge in [-0.1, -0.05) is 35.9 Å². The second-order valence-electron chi connectivity index (χ2n) is 2.31. The van der Waals surface area contributed by atoms with Gasteiger partial charge in [0.2, 0.25) is 0 Å². The zero-order valence-corrected chi connectivity index (χ0v) is 7.32. The lowest BCUT2D eigenvalue weighted by Crippen LogP contribution is -2.00. The maximum absolute atomic E-state index is 5.88. The van der Waals surface area contributed by atoms with E-state index in [-0.39, 0.29) is 0 Å². The van der Waals surface area contributed by atoms with E-state index in [0.29, 0.717) is 5.17 Å². The predicted octanol–water partition coefficient (Wildman–Crippen LogP) is 2.83. The summed E-state index contributed by atoms with van der Waals surface area (Å²) in [5.41, 5.74) is 2.35. The van der Waals surface area contributed by atoms with Crippen LogP contribution in [0.3, 0.4) is 0 Å². The molecule has 0 bridgehead atoms. The van der Waals surface area contributed by atoms with Crippen LogP contribution in [0.2, 0.25) is 0 Å². The van der Waals surface area contributed by atoms with Gasteiger partial charge in [0.1, 0.15) is 5.17 Å². The summed E-state index contributed by atoms with van der Waals surface area (Å²) >= 11 is 7.38. The summed E-state index contributed by atoms with van der Waals surface area (Å²) in [7, 11) is 0. The summed E-state index contributed by atoms with van der Waals surface area (Å²) in [4.78, 5) is 0. The van der Waals surface area contributed by atoms with Crippen LogP contribution in [0.25, 0.3) is 0 Å². The Kier molecular flexibility index (Phi) is 1.88. The number of fused-ring (bicyclic) bond motifs is 1. The molecule has 0 aromatic heterocycles. The monoisotopic (exact) mass is 183 g/mol. The lowest BCUT2D eigenvalue weighted by Gasteiger charge is -2.10. The molecule has 0 saturated heterocycles. The van der Waals surface area contributed by atoms with Gasteiger partial charge in [0, 0.05) is 11.3 Å². The van der Waals surface area contributed by atoms with E-state index in [0.717, 1.165) is 11.3 Å². The second kappa shape index (κ2) is 2.88. The molecule has 0 saturated carbocycles. The first-order valence-electron chi connectivity index (χ1n) is 3.31. The van der Waals surface area contributed by atoms with E-state index in [1.54, 1.807) is 0 Å². The van der Waals surface area contributed by atoms with Crippen molar-refractivity contribution in [2.24, 2.45) is 4.40 Å². The van der Waals surface area contributed by atoms with Crippen molar-refractivity contribution in [3.63, 3.8) is 0 Å². The number of rotatable bonds is 0. The molecular formula is C8H6ClNS. The highest BCUT2D eigenvalue weighted by Gasteiger charge is 2.10. The largest absolute Gasteiger partial charge is 0.203 e. The molecule has 3 heteroatoms. The Balaban J connectivity index is 2.56. The van der Waals surface area contributed by atoms with E-state index >= 15 is 0 Å². The average molecular weight is 184 g/mol. The van der Waals surface area contributed by atoms with Crippen molar-refractivity contribution in [2.75, 3.05) is 0 Å². The molecule has 56 valence electrons. The Morgan fingerprint density at radius 1 is 1.36 bits per heavy atom. The lowest BCUT2D eigenvalue weighted by atomic mass is 10.1. The van der Waals surface area contributed by atoms with Crippen molar-refractivity contribution >= 4 is 28.7 Å². The maximum Gasteiger partial charge on any atom is 0.144 e.